The maximum Gasteiger partial charge on any atom is -0.0386 e. The maximum atomic E-state index is 4.19. The molecular formula is C18H33. The minimum absolute atomic E-state index is 0.957. The minimum Gasteiger partial charge on any atom is -0.0533 e. The van der Waals surface area contributed by atoms with Gasteiger partial charge in [-0.15, -0.1) is 0 Å². The van der Waals surface area contributed by atoms with E-state index in [2.05, 4.69) is 6.92 Å². The van der Waals surface area contributed by atoms with Crippen molar-refractivity contribution in [3.8, 4) is 0 Å². The lowest BCUT2D eigenvalue weighted by atomic mass is 9.84. The summed E-state index contributed by atoms with van der Waals surface area (Å²) in [6.07, 6.45) is 20.7. The number of hydrogen-bond acceptors (Lipinski definition) is 0. The first-order valence-corrected chi connectivity index (χ1v) is 8.69. The third kappa shape index (κ3) is 4.59. The second-order valence-corrected chi connectivity index (χ2v) is 6.88. The largest absolute Gasteiger partial charge is 0.0533 e. The summed E-state index contributed by atoms with van der Waals surface area (Å²) in [7, 11) is 0. The Balaban J connectivity index is 1.50. The van der Waals surface area contributed by atoms with Gasteiger partial charge < -0.3 is 0 Å². The molecule has 1 atom stereocenters. The normalized spacial score (nSPS) is 23.8. The lowest BCUT2D eigenvalue weighted by molar-refractivity contribution is 0.307. The Hall–Kier alpha value is 0. The summed E-state index contributed by atoms with van der Waals surface area (Å²) in [4.78, 5) is 0. The smallest absolute Gasteiger partial charge is 0.0386 e. The van der Waals surface area contributed by atoms with Gasteiger partial charge in [-0.3, -0.25) is 0 Å². The summed E-state index contributed by atoms with van der Waals surface area (Å²) in [5, 5.41) is 0. The molecule has 0 aliphatic heterocycles. The van der Waals surface area contributed by atoms with E-state index in [1.165, 1.54) is 89.9 Å². The van der Waals surface area contributed by atoms with Crippen LogP contribution in [0, 0.1) is 24.7 Å². The fourth-order valence-electron chi connectivity index (χ4n) is 4.36. The van der Waals surface area contributed by atoms with Crippen molar-refractivity contribution in [1.82, 2.24) is 0 Å². The highest BCUT2D eigenvalue weighted by molar-refractivity contribution is 4.76. The summed E-state index contributed by atoms with van der Waals surface area (Å²) in [5.74, 6) is 3.10. The molecule has 0 saturated heterocycles. The monoisotopic (exact) mass is 249 g/mol. The molecule has 2 rings (SSSR count). The van der Waals surface area contributed by atoms with Crippen LogP contribution in [0.3, 0.4) is 0 Å². The van der Waals surface area contributed by atoms with Gasteiger partial charge in [0.2, 0.25) is 0 Å². The SMILES string of the molecule is [CH2]CC(CCCCCC1CCCC1)C1CCCC1. The highest BCUT2D eigenvalue weighted by Crippen LogP contribution is 2.36. The predicted molar refractivity (Wildman–Crippen MR) is 80.5 cm³/mol. The van der Waals surface area contributed by atoms with Crippen molar-refractivity contribution in [2.24, 2.45) is 17.8 Å². The highest BCUT2D eigenvalue weighted by atomic mass is 14.3. The number of hydrogen-bond donors (Lipinski definition) is 0. The molecule has 1 unspecified atom stereocenters. The van der Waals surface area contributed by atoms with Crippen LogP contribution >= 0.6 is 0 Å². The minimum atomic E-state index is 0.957. The number of rotatable bonds is 8. The van der Waals surface area contributed by atoms with E-state index in [4.69, 9.17) is 0 Å². The Bertz CT molecular complexity index is 196. The summed E-state index contributed by atoms with van der Waals surface area (Å²) in [5.41, 5.74) is 0. The molecule has 105 valence electrons. The van der Waals surface area contributed by atoms with E-state index in [0.717, 1.165) is 17.8 Å². The lowest BCUT2D eigenvalue weighted by Crippen LogP contribution is -2.10. The van der Waals surface area contributed by atoms with Crippen LogP contribution in [0.15, 0.2) is 0 Å². The van der Waals surface area contributed by atoms with Crippen LogP contribution in [0.5, 0.6) is 0 Å². The Morgan fingerprint density at radius 2 is 1.50 bits per heavy atom. The Kier molecular flexibility index (Phi) is 6.59. The average Bonchev–Trinajstić information content (AvgIpc) is 3.06. The van der Waals surface area contributed by atoms with Gasteiger partial charge in [-0.2, -0.15) is 0 Å². The zero-order chi connectivity index (χ0) is 12.6. The summed E-state index contributed by atoms with van der Waals surface area (Å²) in [6, 6.07) is 0. The lowest BCUT2D eigenvalue weighted by Gasteiger charge is -2.21. The molecular weight excluding hydrogens is 216 g/mol. The van der Waals surface area contributed by atoms with Crippen LogP contribution < -0.4 is 0 Å². The molecule has 2 aliphatic carbocycles. The van der Waals surface area contributed by atoms with Gasteiger partial charge in [-0.25, -0.2) is 0 Å². The second kappa shape index (κ2) is 8.23. The van der Waals surface area contributed by atoms with Crippen LogP contribution in [0.2, 0.25) is 0 Å². The van der Waals surface area contributed by atoms with Gasteiger partial charge in [0.25, 0.3) is 0 Å². The Morgan fingerprint density at radius 1 is 0.833 bits per heavy atom. The Labute approximate surface area is 115 Å². The third-order valence-corrected chi connectivity index (χ3v) is 5.60. The molecule has 0 aromatic rings. The van der Waals surface area contributed by atoms with Gasteiger partial charge >= 0.3 is 0 Å². The van der Waals surface area contributed by atoms with Gasteiger partial charge in [-0.1, -0.05) is 96.8 Å². The first-order valence-electron chi connectivity index (χ1n) is 8.69. The van der Waals surface area contributed by atoms with Crippen LogP contribution in [-0.4, -0.2) is 0 Å². The molecule has 0 spiro atoms. The Morgan fingerprint density at radius 3 is 2.17 bits per heavy atom. The fourth-order valence-corrected chi connectivity index (χ4v) is 4.36. The van der Waals surface area contributed by atoms with Gasteiger partial charge in [0, 0.05) is 0 Å². The van der Waals surface area contributed by atoms with Crippen molar-refractivity contribution in [3.63, 3.8) is 0 Å². The quantitative estimate of drug-likeness (QED) is 0.452. The molecule has 0 nitrogen and oxygen atoms in total. The van der Waals surface area contributed by atoms with Crippen LogP contribution in [0.25, 0.3) is 0 Å². The van der Waals surface area contributed by atoms with E-state index in [0.29, 0.717) is 0 Å². The summed E-state index contributed by atoms with van der Waals surface area (Å²) >= 11 is 0. The van der Waals surface area contributed by atoms with E-state index in [9.17, 15) is 0 Å². The van der Waals surface area contributed by atoms with Crippen LogP contribution in [0.1, 0.15) is 89.9 Å². The van der Waals surface area contributed by atoms with E-state index in [-0.39, 0.29) is 0 Å². The van der Waals surface area contributed by atoms with E-state index < -0.39 is 0 Å². The summed E-state index contributed by atoms with van der Waals surface area (Å²) in [6.45, 7) is 4.19. The first kappa shape index (κ1) is 14.4. The molecule has 0 aromatic carbocycles. The average molecular weight is 249 g/mol. The molecule has 0 heterocycles. The molecule has 2 saturated carbocycles. The van der Waals surface area contributed by atoms with Gasteiger partial charge in [0.15, 0.2) is 0 Å². The summed E-state index contributed by atoms with van der Waals surface area (Å²) < 4.78 is 0. The highest BCUT2D eigenvalue weighted by Gasteiger charge is 2.23. The zero-order valence-electron chi connectivity index (χ0n) is 12.3. The number of unbranched alkanes of at least 4 members (excludes halogenated alkanes) is 2. The molecule has 2 fully saturated rings. The zero-order valence-corrected chi connectivity index (χ0v) is 12.3. The van der Waals surface area contributed by atoms with Crippen molar-refractivity contribution >= 4 is 0 Å². The van der Waals surface area contributed by atoms with Gasteiger partial charge in [0.1, 0.15) is 0 Å². The van der Waals surface area contributed by atoms with E-state index in [1.54, 1.807) is 0 Å². The van der Waals surface area contributed by atoms with Crippen molar-refractivity contribution in [2.75, 3.05) is 0 Å². The van der Waals surface area contributed by atoms with Crippen molar-refractivity contribution in [2.45, 2.75) is 89.9 Å². The molecule has 0 heteroatoms. The molecule has 0 aromatic heterocycles. The maximum absolute atomic E-state index is 4.19. The van der Waals surface area contributed by atoms with E-state index in [1.807, 2.05) is 0 Å². The van der Waals surface area contributed by atoms with Gasteiger partial charge in [-0.05, 0) is 17.8 Å². The van der Waals surface area contributed by atoms with Crippen molar-refractivity contribution in [3.05, 3.63) is 6.92 Å². The van der Waals surface area contributed by atoms with Crippen molar-refractivity contribution in [1.29, 1.82) is 0 Å². The third-order valence-electron chi connectivity index (χ3n) is 5.60. The van der Waals surface area contributed by atoms with Crippen molar-refractivity contribution < 1.29 is 0 Å². The van der Waals surface area contributed by atoms with Crippen LogP contribution in [0.4, 0.5) is 0 Å². The van der Waals surface area contributed by atoms with Gasteiger partial charge in [0.05, 0.1) is 0 Å². The molecule has 18 heavy (non-hydrogen) atoms. The molecule has 0 amide bonds. The molecule has 0 bridgehead atoms. The molecule has 1 radical (unpaired) electrons. The topological polar surface area (TPSA) is 0 Å². The predicted octanol–water partition coefficient (Wildman–Crippen LogP) is 6.16. The molecule has 0 N–H and O–H groups in total. The molecule has 2 aliphatic rings. The second-order valence-electron chi connectivity index (χ2n) is 6.88. The fraction of sp³-hybridized carbons (Fsp3) is 0.944. The van der Waals surface area contributed by atoms with E-state index >= 15 is 0 Å². The van der Waals surface area contributed by atoms with Crippen LogP contribution in [-0.2, 0) is 0 Å². The standard InChI is InChI=1S/C18H33/c1-2-17(18-14-8-9-15-18)13-5-3-4-10-16-11-6-7-12-16/h16-18H,1-15H2. The first-order chi connectivity index (χ1) is 8.90.